The van der Waals surface area contributed by atoms with E-state index in [2.05, 4.69) is 0 Å². The third-order valence-corrected chi connectivity index (χ3v) is 3.10. The van der Waals surface area contributed by atoms with E-state index in [0.29, 0.717) is 11.3 Å². The molecule has 1 aliphatic heterocycles. The van der Waals surface area contributed by atoms with Gasteiger partial charge >= 0.3 is 18.1 Å². The van der Waals surface area contributed by atoms with Crippen LogP contribution in [0.4, 0.5) is 13.2 Å². The molecule has 0 aromatic rings. The largest absolute Gasteiger partial charge is 0.481 e. The summed E-state index contributed by atoms with van der Waals surface area (Å²) in [7, 11) is 0. The highest BCUT2D eigenvalue weighted by Crippen LogP contribution is 2.58. The number of halogens is 3. The van der Waals surface area contributed by atoms with Crippen molar-refractivity contribution >= 4 is 11.9 Å². The minimum atomic E-state index is -4.91. The van der Waals surface area contributed by atoms with Gasteiger partial charge in [0.15, 0.2) is 0 Å². The molecule has 2 rings (SSSR count). The van der Waals surface area contributed by atoms with Crippen LogP contribution in [0, 0.1) is 11.3 Å². The average molecular weight is 223 g/mol. The zero-order valence-electron chi connectivity index (χ0n) is 7.54. The van der Waals surface area contributed by atoms with E-state index in [1.807, 2.05) is 0 Å². The Labute approximate surface area is 82.7 Å². The minimum Gasteiger partial charge on any atom is -0.481 e. The van der Waals surface area contributed by atoms with Gasteiger partial charge in [-0.3, -0.25) is 9.59 Å². The Morgan fingerprint density at radius 3 is 2.40 bits per heavy atom. The van der Waals surface area contributed by atoms with Crippen molar-refractivity contribution in [1.82, 2.24) is 4.90 Å². The first-order valence-corrected chi connectivity index (χ1v) is 4.37. The molecule has 2 fully saturated rings. The number of carbonyl (C=O) groups excluding carboxylic acids is 1. The number of fused-ring (bicyclic) bond motifs is 1. The lowest BCUT2D eigenvalue weighted by molar-refractivity contribution is -0.185. The summed E-state index contributed by atoms with van der Waals surface area (Å²) in [5.74, 6) is -3.35. The number of carbonyl (C=O) groups is 2. The van der Waals surface area contributed by atoms with Gasteiger partial charge in [-0.05, 0) is 12.3 Å². The summed E-state index contributed by atoms with van der Waals surface area (Å²) in [5.41, 5.74) is -1.10. The van der Waals surface area contributed by atoms with Crippen LogP contribution < -0.4 is 0 Å². The molecule has 1 N–H and O–H groups in total. The summed E-state index contributed by atoms with van der Waals surface area (Å²) < 4.78 is 36.1. The number of carboxylic acid groups (broad SMARTS) is 1. The van der Waals surface area contributed by atoms with Crippen molar-refractivity contribution in [3.8, 4) is 0 Å². The second kappa shape index (κ2) is 2.65. The number of alkyl halides is 3. The van der Waals surface area contributed by atoms with Crippen LogP contribution in [-0.2, 0) is 9.59 Å². The molecule has 0 spiro atoms. The molecule has 1 amide bonds. The third kappa shape index (κ3) is 1.37. The number of piperidine rings is 1. The predicted octanol–water partition coefficient (Wildman–Crippen LogP) is 0.482. The fourth-order valence-corrected chi connectivity index (χ4v) is 2.15. The molecule has 0 aromatic heterocycles. The van der Waals surface area contributed by atoms with Crippen molar-refractivity contribution in [2.75, 3.05) is 13.1 Å². The number of aliphatic carboxylic acids is 1. The third-order valence-electron chi connectivity index (χ3n) is 3.10. The molecular weight excluding hydrogens is 215 g/mol. The van der Waals surface area contributed by atoms with Crippen LogP contribution in [0.3, 0.4) is 0 Å². The molecule has 2 aliphatic rings. The normalized spacial score (nSPS) is 33.8. The molecule has 1 saturated carbocycles. The summed E-state index contributed by atoms with van der Waals surface area (Å²) >= 11 is 0. The smallest absolute Gasteiger partial charge is 0.471 e. The molecule has 15 heavy (non-hydrogen) atoms. The fraction of sp³-hybridized carbons (Fsp3) is 0.750. The van der Waals surface area contributed by atoms with Crippen molar-refractivity contribution in [3.63, 3.8) is 0 Å². The number of nitrogens with zero attached hydrogens (tertiary/aromatic N) is 1. The van der Waals surface area contributed by atoms with E-state index in [1.54, 1.807) is 0 Å². The van der Waals surface area contributed by atoms with Gasteiger partial charge in [0.2, 0.25) is 0 Å². The first-order chi connectivity index (χ1) is 6.77. The topological polar surface area (TPSA) is 57.6 Å². The average Bonchev–Trinajstić information content (AvgIpc) is 2.67. The number of hydrogen-bond acceptors (Lipinski definition) is 2. The highest BCUT2D eigenvalue weighted by atomic mass is 19.4. The summed E-state index contributed by atoms with van der Waals surface area (Å²) in [6.07, 6.45) is -4.53. The molecule has 84 valence electrons. The van der Waals surface area contributed by atoms with Crippen LogP contribution in [0.15, 0.2) is 0 Å². The maximum Gasteiger partial charge on any atom is 0.471 e. The van der Waals surface area contributed by atoms with Gasteiger partial charge in [0.05, 0.1) is 5.41 Å². The summed E-state index contributed by atoms with van der Waals surface area (Å²) in [4.78, 5) is 22.2. The highest BCUT2D eigenvalue weighted by molar-refractivity contribution is 5.86. The number of likely N-dealkylation sites (tertiary alicyclic amines) is 1. The zero-order valence-corrected chi connectivity index (χ0v) is 7.54. The Kier molecular flexibility index (Phi) is 1.81. The van der Waals surface area contributed by atoms with Gasteiger partial charge in [0.1, 0.15) is 0 Å². The summed E-state index contributed by atoms with van der Waals surface area (Å²) in [6, 6.07) is 0. The molecule has 0 radical (unpaired) electrons. The summed E-state index contributed by atoms with van der Waals surface area (Å²) in [6.45, 7) is -0.407. The van der Waals surface area contributed by atoms with E-state index in [4.69, 9.17) is 5.11 Å². The van der Waals surface area contributed by atoms with Gasteiger partial charge in [-0.1, -0.05) is 0 Å². The van der Waals surface area contributed by atoms with E-state index in [0.717, 1.165) is 0 Å². The van der Waals surface area contributed by atoms with Gasteiger partial charge in [0.25, 0.3) is 0 Å². The van der Waals surface area contributed by atoms with Gasteiger partial charge in [-0.15, -0.1) is 0 Å². The van der Waals surface area contributed by atoms with Gasteiger partial charge < -0.3 is 10.0 Å². The van der Waals surface area contributed by atoms with E-state index in [1.165, 1.54) is 0 Å². The Hall–Kier alpha value is -1.27. The second-order valence-corrected chi connectivity index (χ2v) is 4.05. The van der Waals surface area contributed by atoms with E-state index in [-0.39, 0.29) is 19.0 Å². The lowest BCUT2D eigenvalue weighted by Crippen LogP contribution is -2.42. The van der Waals surface area contributed by atoms with Crippen LogP contribution in [0.2, 0.25) is 0 Å². The first-order valence-electron chi connectivity index (χ1n) is 4.37. The monoisotopic (exact) mass is 223 g/mol. The van der Waals surface area contributed by atoms with Gasteiger partial charge in [0, 0.05) is 13.1 Å². The Morgan fingerprint density at radius 2 is 2.00 bits per heavy atom. The molecule has 0 bridgehead atoms. The molecular formula is C8H8F3NO3. The minimum absolute atomic E-state index is 0.0926. The van der Waals surface area contributed by atoms with Crippen LogP contribution in [0.25, 0.3) is 0 Å². The quantitative estimate of drug-likeness (QED) is 0.703. The van der Waals surface area contributed by atoms with Gasteiger partial charge in [-0.25, -0.2) is 0 Å². The van der Waals surface area contributed by atoms with Crippen molar-refractivity contribution in [1.29, 1.82) is 0 Å². The van der Waals surface area contributed by atoms with E-state index < -0.39 is 23.5 Å². The molecule has 0 aromatic carbocycles. The zero-order chi connectivity index (χ0) is 11.4. The Morgan fingerprint density at radius 1 is 1.40 bits per heavy atom. The molecule has 1 heterocycles. The second-order valence-electron chi connectivity index (χ2n) is 4.05. The van der Waals surface area contributed by atoms with Crippen LogP contribution >= 0.6 is 0 Å². The molecule has 1 aliphatic carbocycles. The SMILES string of the molecule is O=C(N1C[C@H]2C[C@@]2(C(=O)O)C1)C(F)(F)F. The standard InChI is InChI=1S/C8H8F3NO3/c9-8(10,11)5(13)12-2-4-1-7(4,3-12)6(14)15/h4H,1-3H2,(H,14,15)/t4-,7-/m1/s1. The predicted molar refractivity (Wildman–Crippen MR) is 40.8 cm³/mol. The van der Waals surface area contributed by atoms with E-state index in [9.17, 15) is 22.8 Å². The Balaban J connectivity index is 2.07. The molecule has 7 heteroatoms. The van der Waals surface area contributed by atoms with Crippen molar-refractivity contribution in [2.45, 2.75) is 12.6 Å². The number of carboxylic acids is 1. The number of hydrogen-bond donors (Lipinski definition) is 1. The van der Waals surface area contributed by atoms with Crippen LogP contribution in [0.1, 0.15) is 6.42 Å². The van der Waals surface area contributed by atoms with Crippen molar-refractivity contribution in [2.24, 2.45) is 11.3 Å². The van der Waals surface area contributed by atoms with E-state index >= 15 is 0 Å². The molecule has 1 saturated heterocycles. The lowest BCUT2D eigenvalue weighted by atomic mass is 10.1. The molecule has 2 atom stereocenters. The van der Waals surface area contributed by atoms with Crippen LogP contribution in [0.5, 0.6) is 0 Å². The first kappa shape index (κ1) is 10.3. The highest BCUT2D eigenvalue weighted by Gasteiger charge is 2.67. The number of amides is 1. The Bertz CT molecular complexity index is 341. The fourth-order valence-electron chi connectivity index (χ4n) is 2.15. The number of rotatable bonds is 1. The molecule has 4 nitrogen and oxygen atoms in total. The molecule has 0 unspecified atom stereocenters. The van der Waals surface area contributed by atoms with Crippen molar-refractivity contribution in [3.05, 3.63) is 0 Å². The maximum absolute atomic E-state index is 12.0. The van der Waals surface area contributed by atoms with Crippen LogP contribution in [-0.4, -0.2) is 41.1 Å². The summed E-state index contributed by atoms with van der Waals surface area (Å²) in [5, 5.41) is 8.80. The maximum atomic E-state index is 12.0. The van der Waals surface area contributed by atoms with Crippen molar-refractivity contribution < 1.29 is 27.9 Å². The van der Waals surface area contributed by atoms with Gasteiger partial charge in [-0.2, -0.15) is 13.2 Å². The lowest BCUT2D eigenvalue weighted by Gasteiger charge is -2.20.